The molecule has 0 aromatic heterocycles. The van der Waals surface area contributed by atoms with Gasteiger partial charge in [-0.3, -0.25) is 14.4 Å². The van der Waals surface area contributed by atoms with E-state index < -0.39 is 6.10 Å². The highest BCUT2D eigenvalue weighted by Crippen LogP contribution is 2.16. The van der Waals surface area contributed by atoms with Crippen LogP contribution >= 0.6 is 0 Å². The third kappa shape index (κ3) is 50.4. The maximum atomic E-state index is 12.7. The number of hydrogen-bond donors (Lipinski definition) is 0. The van der Waals surface area contributed by atoms with E-state index in [9.17, 15) is 14.4 Å². The molecule has 6 nitrogen and oxygen atoms in total. The first-order valence-electron chi connectivity index (χ1n) is 27.6. The average molecular weight is 897 g/mol. The Morgan fingerprint density at radius 3 is 0.953 bits per heavy atom. The van der Waals surface area contributed by atoms with Gasteiger partial charge in [-0.1, -0.05) is 256 Å². The fraction of sp³-hybridized carbons (Fsp3) is 0.810. The molecule has 1 atom stereocenters. The predicted octanol–water partition coefficient (Wildman–Crippen LogP) is 18.3. The lowest BCUT2D eigenvalue weighted by Gasteiger charge is -2.18. The van der Waals surface area contributed by atoms with E-state index in [2.05, 4.69) is 69.4 Å². The molecule has 0 N–H and O–H groups in total. The molecule has 6 heteroatoms. The van der Waals surface area contributed by atoms with Crippen LogP contribution in [0.25, 0.3) is 0 Å². The van der Waals surface area contributed by atoms with Crippen molar-refractivity contribution in [3.8, 4) is 0 Å². The van der Waals surface area contributed by atoms with Crippen LogP contribution in [-0.4, -0.2) is 37.2 Å². The predicted molar refractivity (Wildman–Crippen MR) is 275 cm³/mol. The normalized spacial score (nSPS) is 12.4. The smallest absolute Gasteiger partial charge is 0.306 e. The van der Waals surface area contributed by atoms with Gasteiger partial charge in [-0.25, -0.2) is 0 Å². The molecule has 1 unspecified atom stereocenters. The quantitative estimate of drug-likeness (QED) is 0.0262. The maximum absolute atomic E-state index is 12.7. The number of hydrogen-bond acceptors (Lipinski definition) is 6. The largest absolute Gasteiger partial charge is 0.462 e. The highest BCUT2D eigenvalue weighted by atomic mass is 16.6. The molecule has 0 aliphatic rings. The fourth-order valence-electron chi connectivity index (χ4n) is 7.96. The molecular weight excluding hydrogens is 793 g/mol. The molecule has 0 aliphatic heterocycles. The molecule has 0 saturated heterocycles. The van der Waals surface area contributed by atoms with E-state index in [1.165, 1.54) is 154 Å². The Morgan fingerprint density at radius 2 is 0.609 bits per heavy atom. The van der Waals surface area contributed by atoms with Crippen molar-refractivity contribution in [1.29, 1.82) is 0 Å². The highest BCUT2D eigenvalue weighted by molar-refractivity contribution is 5.71. The van der Waals surface area contributed by atoms with Gasteiger partial charge in [0.25, 0.3) is 0 Å². The minimum absolute atomic E-state index is 0.0685. The minimum atomic E-state index is -0.762. The summed E-state index contributed by atoms with van der Waals surface area (Å²) in [7, 11) is 0. The van der Waals surface area contributed by atoms with Crippen molar-refractivity contribution in [2.75, 3.05) is 13.2 Å². The molecular formula is C58H104O6. The van der Waals surface area contributed by atoms with Gasteiger partial charge in [-0.05, 0) is 57.8 Å². The Kier molecular flexibility index (Phi) is 50.8. The van der Waals surface area contributed by atoms with Gasteiger partial charge in [0.2, 0.25) is 0 Å². The third-order valence-electron chi connectivity index (χ3n) is 12.1. The van der Waals surface area contributed by atoms with Crippen LogP contribution in [0.5, 0.6) is 0 Å². The van der Waals surface area contributed by atoms with E-state index in [1.807, 2.05) is 0 Å². The van der Waals surface area contributed by atoms with Crippen LogP contribution in [0, 0.1) is 0 Å². The number of ether oxygens (including phenoxy) is 3. The van der Waals surface area contributed by atoms with Crippen molar-refractivity contribution in [1.82, 2.24) is 0 Å². The van der Waals surface area contributed by atoms with Crippen LogP contribution in [0.2, 0.25) is 0 Å². The van der Waals surface area contributed by atoms with Crippen LogP contribution in [0.3, 0.4) is 0 Å². The van der Waals surface area contributed by atoms with Gasteiger partial charge in [0.1, 0.15) is 13.2 Å². The third-order valence-corrected chi connectivity index (χ3v) is 12.1. The summed E-state index contributed by atoms with van der Waals surface area (Å²) in [5, 5.41) is 0. The van der Waals surface area contributed by atoms with Crippen molar-refractivity contribution in [3.05, 3.63) is 48.6 Å². The van der Waals surface area contributed by atoms with Gasteiger partial charge in [-0.15, -0.1) is 0 Å². The lowest BCUT2D eigenvalue weighted by molar-refractivity contribution is -0.167. The number of unbranched alkanes of at least 4 members (excludes halogenated alkanes) is 31. The molecule has 0 aromatic rings. The summed E-state index contributed by atoms with van der Waals surface area (Å²) >= 11 is 0. The molecule has 0 bridgehead atoms. The standard InChI is InChI=1S/C58H104O6/c1-4-7-10-13-15-17-19-20-21-22-23-24-25-26-27-28-29-30-31-32-33-34-35-36-37-38-39-41-42-45-48-51-57(60)63-54-55(53-62-56(59)50-47-44-12-9-6-3)64-58(61)52-49-46-43-40-18-16-14-11-8-5-2/h7,10,15,17,20-21,23-24,55H,4-6,8-9,11-14,16,18-19,22,25-54H2,1-3H3/b10-7-,17-15-,21-20-,24-23-. The average Bonchev–Trinajstić information content (AvgIpc) is 3.29. The molecule has 64 heavy (non-hydrogen) atoms. The number of allylic oxidation sites excluding steroid dienone is 8. The molecule has 0 radical (unpaired) electrons. The Labute approximate surface area is 397 Å². The summed E-state index contributed by atoms with van der Waals surface area (Å²) < 4.78 is 16.6. The second kappa shape index (κ2) is 53.0. The van der Waals surface area contributed by atoms with Crippen LogP contribution in [-0.2, 0) is 28.6 Å². The number of esters is 3. The first-order valence-corrected chi connectivity index (χ1v) is 27.6. The van der Waals surface area contributed by atoms with E-state index in [4.69, 9.17) is 14.2 Å². The zero-order valence-corrected chi connectivity index (χ0v) is 42.6. The summed E-state index contributed by atoms with van der Waals surface area (Å²) in [6.45, 7) is 6.45. The molecule has 0 heterocycles. The Morgan fingerprint density at radius 1 is 0.328 bits per heavy atom. The van der Waals surface area contributed by atoms with Crippen LogP contribution in [0.4, 0.5) is 0 Å². The van der Waals surface area contributed by atoms with Crippen LogP contribution < -0.4 is 0 Å². The Bertz CT molecular complexity index is 1120. The monoisotopic (exact) mass is 897 g/mol. The van der Waals surface area contributed by atoms with Crippen molar-refractivity contribution in [2.24, 2.45) is 0 Å². The Balaban J connectivity index is 3.87. The number of carbonyl (C=O) groups excluding carboxylic acids is 3. The van der Waals surface area contributed by atoms with Crippen molar-refractivity contribution in [3.63, 3.8) is 0 Å². The molecule has 0 aromatic carbocycles. The molecule has 0 fully saturated rings. The van der Waals surface area contributed by atoms with Crippen molar-refractivity contribution < 1.29 is 28.6 Å². The second-order valence-electron chi connectivity index (χ2n) is 18.5. The molecule has 0 aliphatic carbocycles. The highest BCUT2D eigenvalue weighted by Gasteiger charge is 2.19. The summed E-state index contributed by atoms with van der Waals surface area (Å²) in [5.74, 6) is -0.874. The van der Waals surface area contributed by atoms with Crippen LogP contribution in [0.15, 0.2) is 48.6 Å². The van der Waals surface area contributed by atoms with E-state index in [0.717, 1.165) is 89.9 Å². The lowest BCUT2D eigenvalue weighted by Crippen LogP contribution is -2.30. The van der Waals surface area contributed by atoms with E-state index in [0.29, 0.717) is 19.3 Å². The van der Waals surface area contributed by atoms with Crippen molar-refractivity contribution >= 4 is 17.9 Å². The van der Waals surface area contributed by atoms with Gasteiger partial charge in [0, 0.05) is 19.3 Å². The van der Waals surface area contributed by atoms with E-state index >= 15 is 0 Å². The second-order valence-corrected chi connectivity index (χ2v) is 18.5. The lowest BCUT2D eigenvalue weighted by atomic mass is 10.0. The van der Waals surface area contributed by atoms with Crippen LogP contribution in [0.1, 0.15) is 284 Å². The summed E-state index contributed by atoms with van der Waals surface area (Å²) in [6.07, 6.45) is 64.5. The SMILES string of the molecule is CC/C=C\C/C=C\C/C=C\C/C=C\CCCCCCCCCCCCCCCCCCCCC(=O)OCC(COC(=O)CCCCCCC)OC(=O)CCCCCCCCCCCC. The number of carbonyl (C=O) groups is 3. The summed E-state index contributed by atoms with van der Waals surface area (Å²) in [6, 6.07) is 0. The minimum Gasteiger partial charge on any atom is -0.462 e. The summed E-state index contributed by atoms with van der Waals surface area (Å²) in [5.41, 5.74) is 0. The maximum Gasteiger partial charge on any atom is 0.306 e. The first kappa shape index (κ1) is 61.4. The van der Waals surface area contributed by atoms with E-state index in [1.54, 1.807) is 0 Å². The topological polar surface area (TPSA) is 78.9 Å². The van der Waals surface area contributed by atoms with Gasteiger partial charge in [-0.2, -0.15) is 0 Å². The summed E-state index contributed by atoms with van der Waals surface area (Å²) in [4.78, 5) is 37.6. The number of rotatable bonds is 50. The molecule has 0 rings (SSSR count). The van der Waals surface area contributed by atoms with E-state index in [-0.39, 0.29) is 31.1 Å². The van der Waals surface area contributed by atoms with Gasteiger partial charge >= 0.3 is 17.9 Å². The van der Waals surface area contributed by atoms with Gasteiger partial charge in [0.15, 0.2) is 6.10 Å². The molecule has 372 valence electrons. The van der Waals surface area contributed by atoms with Gasteiger partial charge in [0.05, 0.1) is 0 Å². The zero-order valence-electron chi connectivity index (χ0n) is 42.6. The zero-order chi connectivity index (χ0) is 46.5. The van der Waals surface area contributed by atoms with Gasteiger partial charge < -0.3 is 14.2 Å². The first-order chi connectivity index (χ1) is 31.5. The Hall–Kier alpha value is -2.63. The molecule has 0 amide bonds. The fourth-order valence-corrected chi connectivity index (χ4v) is 7.96. The molecule has 0 saturated carbocycles. The van der Waals surface area contributed by atoms with Crippen molar-refractivity contribution in [2.45, 2.75) is 290 Å². The molecule has 0 spiro atoms.